The Labute approximate surface area is 185 Å². The Hall–Kier alpha value is -3.23. The number of amides is 1. The van der Waals surface area contributed by atoms with Gasteiger partial charge >= 0.3 is 6.09 Å². The number of carbonyl (C=O) groups excluding carboxylic acids is 1. The number of hydrogen-bond donors (Lipinski definition) is 1. The predicted molar refractivity (Wildman–Crippen MR) is 118 cm³/mol. The maximum Gasteiger partial charge on any atom is 0.407 e. The van der Waals surface area contributed by atoms with Gasteiger partial charge in [0.2, 0.25) is 0 Å². The number of ether oxygens (including phenoxy) is 1. The zero-order valence-corrected chi connectivity index (χ0v) is 18.7. The summed E-state index contributed by atoms with van der Waals surface area (Å²) in [5.74, 6) is -2.66. The van der Waals surface area contributed by atoms with Crippen LogP contribution < -0.4 is 10.2 Å². The van der Waals surface area contributed by atoms with Gasteiger partial charge in [-0.25, -0.2) is 23.1 Å². The lowest BCUT2D eigenvalue weighted by molar-refractivity contribution is 0.0257. The summed E-state index contributed by atoms with van der Waals surface area (Å²) in [4.78, 5) is 18.0. The largest absolute Gasteiger partial charge is 0.444 e. The fraction of sp³-hybridized carbons (Fsp3) is 0.435. The Kier molecular flexibility index (Phi) is 5.52. The molecule has 170 valence electrons. The normalized spacial score (nSPS) is 15.9. The highest BCUT2D eigenvalue weighted by atomic mass is 19.3. The molecule has 1 saturated heterocycles. The van der Waals surface area contributed by atoms with Crippen molar-refractivity contribution >= 4 is 17.3 Å². The van der Waals surface area contributed by atoms with Crippen LogP contribution in [0.15, 0.2) is 36.8 Å². The van der Waals surface area contributed by atoms with Gasteiger partial charge in [-0.3, -0.25) is 0 Å². The van der Waals surface area contributed by atoms with Crippen LogP contribution in [-0.4, -0.2) is 45.3 Å². The number of aromatic nitrogens is 3. The van der Waals surface area contributed by atoms with Crippen molar-refractivity contribution < 1.29 is 18.3 Å². The molecule has 7 nitrogen and oxygen atoms in total. The van der Waals surface area contributed by atoms with Crippen LogP contribution in [0, 0.1) is 6.92 Å². The smallest absolute Gasteiger partial charge is 0.407 e. The molecule has 1 fully saturated rings. The second-order valence-corrected chi connectivity index (χ2v) is 9.16. The van der Waals surface area contributed by atoms with Gasteiger partial charge in [0.15, 0.2) is 0 Å². The fourth-order valence-corrected chi connectivity index (χ4v) is 3.79. The first kappa shape index (κ1) is 22.0. The molecule has 1 aliphatic heterocycles. The van der Waals surface area contributed by atoms with Crippen LogP contribution in [-0.2, 0) is 11.3 Å². The average Bonchev–Trinajstić information content (AvgIpc) is 3.28. The van der Waals surface area contributed by atoms with E-state index in [0.717, 1.165) is 22.2 Å². The van der Waals surface area contributed by atoms with E-state index in [0.29, 0.717) is 24.5 Å². The first-order valence-corrected chi connectivity index (χ1v) is 10.5. The van der Waals surface area contributed by atoms with Crippen molar-refractivity contribution in [3.63, 3.8) is 0 Å². The number of halogens is 2. The number of fused-ring (bicyclic) bond motifs is 1. The van der Waals surface area contributed by atoms with Crippen molar-refractivity contribution in [1.82, 2.24) is 19.9 Å². The maximum atomic E-state index is 13.6. The molecule has 0 saturated carbocycles. The van der Waals surface area contributed by atoms with Gasteiger partial charge in [-0.1, -0.05) is 12.1 Å². The minimum Gasteiger partial charge on any atom is -0.444 e. The van der Waals surface area contributed by atoms with Crippen molar-refractivity contribution in [2.24, 2.45) is 0 Å². The van der Waals surface area contributed by atoms with Crippen LogP contribution in [0.4, 0.5) is 19.3 Å². The lowest BCUT2D eigenvalue weighted by Gasteiger charge is -2.20. The molecule has 0 unspecified atom stereocenters. The van der Waals surface area contributed by atoms with Crippen molar-refractivity contribution in [3.05, 3.63) is 47.9 Å². The monoisotopic (exact) mass is 443 g/mol. The third-order valence-corrected chi connectivity index (χ3v) is 5.36. The summed E-state index contributed by atoms with van der Waals surface area (Å²) in [6.45, 7) is 7.78. The highest BCUT2D eigenvalue weighted by molar-refractivity contribution is 5.80. The van der Waals surface area contributed by atoms with Crippen LogP contribution in [0.2, 0.25) is 0 Å². The van der Waals surface area contributed by atoms with Crippen LogP contribution in [0.25, 0.3) is 16.8 Å². The second-order valence-electron chi connectivity index (χ2n) is 9.16. The molecule has 1 N–H and O–H groups in total. The molecule has 0 aliphatic carbocycles. The average molecular weight is 443 g/mol. The Morgan fingerprint density at radius 3 is 2.72 bits per heavy atom. The van der Waals surface area contributed by atoms with Crippen molar-refractivity contribution in [1.29, 1.82) is 0 Å². The highest BCUT2D eigenvalue weighted by Crippen LogP contribution is 2.33. The molecule has 1 amide bonds. The molecule has 1 aromatic carbocycles. The minimum atomic E-state index is -2.66. The standard InChI is InChI=1S/C23H27F2N5O2/c1-15-9-16(5-6-17(15)11-26-21(31)32-22(2,3)4)20-19-10-18(12-30(19)28-14-27-20)29-8-7-23(24,25)13-29/h5-6,9-10,12,14H,7-8,11,13H2,1-4H3,(H,26,31). The van der Waals surface area contributed by atoms with Crippen LogP contribution >= 0.6 is 0 Å². The Balaban J connectivity index is 1.55. The van der Waals surface area contributed by atoms with E-state index in [1.165, 1.54) is 6.33 Å². The topological polar surface area (TPSA) is 71.8 Å². The van der Waals surface area contributed by atoms with E-state index in [-0.39, 0.29) is 13.0 Å². The van der Waals surface area contributed by atoms with Crippen molar-refractivity contribution in [2.75, 3.05) is 18.0 Å². The summed E-state index contributed by atoms with van der Waals surface area (Å²) in [6.07, 6.45) is 2.61. The van der Waals surface area contributed by atoms with Crippen molar-refractivity contribution in [2.45, 2.75) is 52.2 Å². The predicted octanol–water partition coefficient (Wildman–Crippen LogP) is 4.57. The number of benzene rings is 1. The van der Waals surface area contributed by atoms with Crippen LogP contribution in [0.3, 0.4) is 0 Å². The fourth-order valence-electron chi connectivity index (χ4n) is 3.79. The Bertz CT molecular complexity index is 1150. The number of hydrogen-bond acceptors (Lipinski definition) is 5. The maximum absolute atomic E-state index is 13.6. The summed E-state index contributed by atoms with van der Waals surface area (Å²) in [7, 11) is 0. The number of rotatable bonds is 4. The summed E-state index contributed by atoms with van der Waals surface area (Å²) in [5, 5.41) is 7.01. The van der Waals surface area contributed by atoms with E-state index in [2.05, 4.69) is 15.4 Å². The first-order chi connectivity index (χ1) is 15.0. The quantitative estimate of drug-likeness (QED) is 0.639. The van der Waals surface area contributed by atoms with E-state index in [9.17, 15) is 13.6 Å². The number of anilines is 1. The molecule has 0 atom stereocenters. The van der Waals surface area contributed by atoms with Gasteiger partial charge in [0, 0.05) is 25.1 Å². The third-order valence-electron chi connectivity index (χ3n) is 5.36. The van der Waals surface area contributed by atoms with Gasteiger partial charge in [-0.2, -0.15) is 5.10 Å². The minimum absolute atomic E-state index is 0.143. The molecule has 3 heterocycles. The summed E-state index contributed by atoms with van der Waals surface area (Å²) in [5.41, 5.74) is 4.44. The molecule has 9 heteroatoms. The number of aryl methyl sites for hydroxylation is 1. The molecule has 1 aliphatic rings. The number of nitrogens with one attached hydrogen (secondary N) is 1. The molecular weight excluding hydrogens is 416 g/mol. The second kappa shape index (κ2) is 8.03. The third kappa shape index (κ3) is 4.81. The van der Waals surface area contributed by atoms with E-state index < -0.39 is 17.6 Å². The van der Waals surface area contributed by atoms with Gasteiger partial charge in [0.25, 0.3) is 5.92 Å². The molecule has 0 radical (unpaired) electrons. The molecule has 0 bridgehead atoms. The van der Waals surface area contributed by atoms with Gasteiger partial charge in [-0.05, 0) is 51.0 Å². The molecule has 4 rings (SSSR count). The van der Waals surface area contributed by atoms with E-state index >= 15 is 0 Å². The van der Waals surface area contributed by atoms with Crippen molar-refractivity contribution in [3.8, 4) is 11.3 Å². The van der Waals surface area contributed by atoms with Crippen LogP contribution in [0.5, 0.6) is 0 Å². The lowest BCUT2D eigenvalue weighted by atomic mass is 10.0. The summed E-state index contributed by atoms with van der Waals surface area (Å²) in [6, 6.07) is 7.71. The molecule has 32 heavy (non-hydrogen) atoms. The van der Waals surface area contributed by atoms with Crippen LogP contribution in [0.1, 0.15) is 38.3 Å². The first-order valence-electron chi connectivity index (χ1n) is 10.5. The van der Waals surface area contributed by atoms with Gasteiger partial charge in [-0.15, -0.1) is 0 Å². The zero-order valence-electron chi connectivity index (χ0n) is 18.7. The number of alkyl halides is 2. The van der Waals surface area contributed by atoms with Gasteiger partial charge in [0.1, 0.15) is 11.9 Å². The Morgan fingerprint density at radius 2 is 2.06 bits per heavy atom. The number of nitrogens with zero attached hydrogens (tertiary/aromatic N) is 4. The van der Waals surface area contributed by atoms with E-state index in [4.69, 9.17) is 4.74 Å². The summed E-state index contributed by atoms with van der Waals surface area (Å²) < 4.78 is 34.2. The van der Waals surface area contributed by atoms with E-state index in [1.54, 1.807) is 15.6 Å². The van der Waals surface area contributed by atoms with Gasteiger partial charge < -0.3 is 15.0 Å². The SMILES string of the molecule is Cc1cc(-c2ncnn3cc(N4CCC(F)(F)C4)cc23)ccc1CNC(=O)OC(C)(C)C. The molecular formula is C23H27F2N5O2. The summed E-state index contributed by atoms with van der Waals surface area (Å²) >= 11 is 0. The molecule has 2 aromatic heterocycles. The Morgan fingerprint density at radius 1 is 1.28 bits per heavy atom. The lowest BCUT2D eigenvalue weighted by Crippen LogP contribution is -2.32. The zero-order chi connectivity index (χ0) is 23.1. The number of carbonyl (C=O) groups is 1. The number of alkyl carbamates (subject to hydrolysis) is 1. The molecule has 3 aromatic rings. The van der Waals surface area contributed by atoms with Gasteiger partial charge in [0.05, 0.1) is 29.6 Å². The van der Waals surface area contributed by atoms with E-state index in [1.807, 2.05) is 52.0 Å². The molecule has 0 spiro atoms. The highest BCUT2D eigenvalue weighted by Gasteiger charge is 2.38.